The van der Waals surface area contributed by atoms with Gasteiger partial charge in [-0.2, -0.15) is 0 Å². The predicted molar refractivity (Wildman–Crippen MR) is 113 cm³/mol. The van der Waals surface area contributed by atoms with Crippen molar-refractivity contribution in [1.29, 1.82) is 0 Å². The van der Waals surface area contributed by atoms with E-state index in [0.29, 0.717) is 31.1 Å². The van der Waals surface area contributed by atoms with Crippen LogP contribution in [0.1, 0.15) is 37.7 Å². The summed E-state index contributed by atoms with van der Waals surface area (Å²) in [7, 11) is 0. The molecule has 0 fully saturated rings. The Morgan fingerprint density at radius 1 is 1.14 bits per heavy atom. The van der Waals surface area contributed by atoms with Crippen LogP contribution in [0.5, 0.6) is 11.5 Å². The van der Waals surface area contributed by atoms with Crippen LogP contribution in [0.4, 0.5) is 0 Å². The van der Waals surface area contributed by atoms with E-state index < -0.39 is 0 Å². The molecular weight excluding hydrogens is 368 g/mol. The van der Waals surface area contributed by atoms with Gasteiger partial charge in [-0.25, -0.2) is 4.98 Å². The lowest BCUT2D eigenvalue weighted by Crippen LogP contribution is -2.36. The fourth-order valence-electron chi connectivity index (χ4n) is 3.07. The fraction of sp³-hybridized carbons (Fsp3) is 0.304. The third kappa shape index (κ3) is 4.77. The number of aryl methyl sites for hydroxylation is 1. The molecule has 0 saturated heterocycles. The maximum absolute atomic E-state index is 12.7. The summed E-state index contributed by atoms with van der Waals surface area (Å²) in [6, 6.07) is 15.3. The van der Waals surface area contributed by atoms with Crippen LogP contribution in [0.2, 0.25) is 0 Å². The lowest BCUT2D eigenvalue weighted by molar-refractivity contribution is 0.0920. The Bertz CT molecular complexity index is 958. The molecule has 0 spiro atoms. The van der Waals surface area contributed by atoms with Crippen LogP contribution >= 0.6 is 0 Å². The van der Waals surface area contributed by atoms with E-state index in [-0.39, 0.29) is 19.1 Å². The Balaban J connectivity index is 0.00000104. The van der Waals surface area contributed by atoms with Gasteiger partial charge < -0.3 is 19.2 Å². The summed E-state index contributed by atoms with van der Waals surface area (Å²) in [4.78, 5) is 16.8. The van der Waals surface area contributed by atoms with E-state index in [4.69, 9.17) is 13.9 Å². The Kier molecular flexibility index (Phi) is 6.89. The van der Waals surface area contributed by atoms with Crippen LogP contribution in [-0.2, 0) is 0 Å². The van der Waals surface area contributed by atoms with E-state index in [1.807, 2.05) is 69.3 Å². The van der Waals surface area contributed by atoms with Crippen LogP contribution < -0.4 is 14.8 Å². The summed E-state index contributed by atoms with van der Waals surface area (Å²) >= 11 is 0. The van der Waals surface area contributed by atoms with Crippen molar-refractivity contribution in [3.8, 4) is 22.8 Å². The molecule has 6 nitrogen and oxygen atoms in total. The number of ether oxygens (including phenoxy) is 2. The molecule has 1 atom stereocenters. The Morgan fingerprint density at radius 3 is 2.66 bits per heavy atom. The highest BCUT2D eigenvalue weighted by Gasteiger charge is 2.22. The second kappa shape index (κ2) is 9.78. The van der Waals surface area contributed by atoms with Gasteiger partial charge in [0.1, 0.15) is 6.10 Å². The van der Waals surface area contributed by atoms with Crippen molar-refractivity contribution in [3.63, 3.8) is 0 Å². The number of carbonyl (C=O) groups is 1. The first-order chi connectivity index (χ1) is 14.2. The molecule has 2 heterocycles. The summed E-state index contributed by atoms with van der Waals surface area (Å²) in [5, 5.41) is 2.90. The molecule has 0 bridgehead atoms. The molecule has 1 aromatic heterocycles. The van der Waals surface area contributed by atoms with Gasteiger partial charge in [-0.3, -0.25) is 4.79 Å². The van der Waals surface area contributed by atoms with Gasteiger partial charge in [0.2, 0.25) is 0 Å². The average Bonchev–Trinajstić information content (AvgIpc) is 3.14. The maximum Gasteiger partial charge on any atom is 0.274 e. The Hall–Kier alpha value is -3.28. The smallest absolute Gasteiger partial charge is 0.274 e. The summed E-state index contributed by atoms with van der Waals surface area (Å²) in [5.74, 6) is 1.60. The van der Waals surface area contributed by atoms with Crippen LogP contribution in [0, 0.1) is 6.92 Å². The lowest BCUT2D eigenvalue weighted by Gasteiger charge is -2.16. The van der Waals surface area contributed by atoms with Crippen molar-refractivity contribution < 1.29 is 20.1 Å². The van der Waals surface area contributed by atoms with Gasteiger partial charge in [-0.1, -0.05) is 50.2 Å². The number of hydrogen-bond acceptors (Lipinski definition) is 5. The largest absolute Gasteiger partial charge is 0.490 e. The Labute approximate surface area is 172 Å². The standard InChI is InChI=1S/C21H20N2O4.C2H6.H2/c1-14-6-2-3-7-16(14)20-19(23-13-26-20)21(24)22-12-15-10-11-25-17-8-4-5-9-18(17)27-15;1-2;/h2-9,13,15H,10-12H2,1H3,(H,22,24);1-2H3;1H. The zero-order valence-electron chi connectivity index (χ0n) is 17.0. The maximum atomic E-state index is 12.7. The molecule has 6 heteroatoms. The number of fused-ring (bicyclic) bond motifs is 1. The van der Waals surface area contributed by atoms with E-state index >= 15 is 0 Å². The van der Waals surface area contributed by atoms with Crippen molar-refractivity contribution >= 4 is 5.91 Å². The highest BCUT2D eigenvalue weighted by molar-refractivity contribution is 5.97. The number of oxazole rings is 1. The quantitative estimate of drug-likeness (QED) is 0.680. The van der Waals surface area contributed by atoms with Crippen molar-refractivity contribution in [2.45, 2.75) is 33.3 Å². The summed E-state index contributed by atoms with van der Waals surface area (Å²) in [6.07, 6.45) is 1.80. The molecule has 1 aliphatic rings. The molecule has 4 rings (SSSR count). The zero-order chi connectivity index (χ0) is 20.6. The third-order valence-electron chi connectivity index (χ3n) is 4.50. The molecule has 0 saturated carbocycles. The number of rotatable bonds is 4. The summed E-state index contributed by atoms with van der Waals surface area (Å²) in [5.41, 5.74) is 2.15. The normalized spacial score (nSPS) is 14.9. The first-order valence-corrected chi connectivity index (χ1v) is 9.88. The number of amides is 1. The highest BCUT2D eigenvalue weighted by Crippen LogP contribution is 2.30. The van der Waals surface area contributed by atoms with Gasteiger partial charge >= 0.3 is 0 Å². The second-order valence-corrected chi connectivity index (χ2v) is 6.38. The van der Waals surface area contributed by atoms with E-state index in [9.17, 15) is 4.79 Å². The number of carbonyl (C=O) groups excluding carboxylic acids is 1. The average molecular weight is 396 g/mol. The first kappa shape index (κ1) is 20.5. The second-order valence-electron chi connectivity index (χ2n) is 6.38. The molecule has 1 aliphatic heterocycles. The zero-order valence-corrected chi connectivity index (χ0v) is 17.0. The molecular formula is C23H28N2O4. The summed E-state index contributed by atoms with van der Waals surface area (Å²) in [6.45, 7) is 6.86. The third-order valence-corrected chi connectivity index (χ3v) is 4.50. The van der Waals surface area contributed by atoms with Crippen molar-refractivity contribution in [2.24, 2.45) is 0 Å². The topological polar surface area (TPSA) is 73.6 Å². The molecule has 154 valence electrons. The van der Waals surface area contributed by atoms with Crippen LogP contribution in [0.15, 0.2) is 59.3 Å². The van der Waals surface area contributed by atoms with Gasteiger partial charge in [0.25, 0.3) is 5.91 Å². The minimum absolute atomic E-state index is 0. The minimum atomic E-state index is -0.288. The lowest BCUT2D eigenvalue weighted by atomic mass is 10.1. The van der Waals surface area contributed by atoms with Gasteiger partial charge in [-0.15, -0.1) is 0 Å². The molecule has 29 heavy (non-hydrogen) atoms. The SMILES string of the molecule is CC.Cc1ccccc1-c1ocnc1C(=O)NCC1CCOc2ccccc2O1.[HH]. The van der Waals surface area contributed by atoms with E-state index in [1.165, 1.54) is 6.39 Å². The van der Waals surface area contributed by atoms with E-state index in [0.717, 1.165) is 16.9 Å². The molecule has 1 N–H and O–H groups in total. The number of aromatic nitrogens is 1. The number of benzene rings is 2. The predicted octanol–water partition coefficient (Wildman–Crippen LogP) is 4.88. The molecule has 3 aromatic rings. The Morgan fingerprint density at radius 2 is 1.86 bits per heavy atom. The number of nitrogens with one attached hydrogen (secondary N) is 1. The van der Waals surface area contributed by atoms with Gasteiger partial charge in [0.15, 0.2) is 29.3 Å². The van der Waals surface area contributed by atoms with E-state index in [2.05, 4.69) is 10.3 Å². The fourth-order valence-corrected chi connectivity index (χ4v) is 3.07. The molecule has 1 amide bonds. The van der Waals surface area contributed by atoms with Crippen LogP contribution in [0.25, 0.3) is 11.3 Å². The van der Waals surface area contributed by atoms with Gasteiger partial charge in [0.05, 0.1) is 13.2 Å². The monoisotopic (exact) mass is 396 g/mol. The first-order valence-electron chi connectivity index (χ1n) is 9.88. The van der Waals surface area contributed by atoms with Gasteiger partial charge in [0, 0.05) is 13.4 Å². The molecule has 0 radical (unpaired) electrons. The van der Waals surface area contributed by atoms with Crippen LogP contribution in [0.3, 0.4) is 0 Å². The van der Waals surface area contributed by atoms with Crippen LogP contribution in [-0.4, -0.2) is 30.1 Å². The molecule has 1 unspecified atom stereocenters. The number of hydrogen-bond donors (Lipinski definition) is 1. The van der Waals surface area contributed by atoms with Crippen molar-refractivity contribution in [1.82, 2.24) is 10.3 Å². The van der Waals surface area contributed by atoms with Crippen molar-refractivity contribution in [2.75, 3.05) is 13.2 Å². The van der Waals surface area contributed by atoms with Gasteiger partial charge in [-0.05, 0) is 24.6 Å². The van der Waals surface area contributed by atoms with E-state index in [1.54, 1.807) is 0 Å². The van der Waals surface area contributed by atoms with Crippen molar-refractivity contribution in [3.05, 3.63) is 66.2 Å². The number of para-hydroxylation sites is 2. The summed E-state index contributed by atoms with van der Waals surface area (Å²) < 4.78 is 17.1. The highest BCUT2D eigenvalue weighted by atomic mass is 16.5. The number of nitrogens with zero attached hydrogens (tertiary/aromatic N) is 1. The minimum Gasteiger partial charge on any atom is -0.490 e. The molecule has 0 aliphatic carbocycles. The molecule has 2 aromatic carbocycles.